The van der Waals surface area contributed by atoms with Gasteiger partial charge in [0, 0.05) is 18.0 Å². The summed E-state index contributed by atoms with van der Waals surface area (Å²) >= 11 is 3.56. The Kier molecular flexibility index (Phi) is 3.71. The van der Waals surface area contributed by atoms with Gasteiger partial charge in [-0.2, -0.15) is 0 Å². The molecule has 138 valence electrons. The Balaban J connectivity index is 1.53. The second kappa shape index (κ2) is 6.12. The minimum absolute atomic E-state index is 0.0740. The Labute approximate surface area is 162 Å². The van der Waals surface area contributed by atoms with E-state index in [1.54, 1.807) is 18.7 Å². The minimum Gasteiger partial charge on any atom is -0.472 e. The first-order valence-corrected chi connectivity index (χ1v) is 9.37. The Morgan fingerprint density at radius 3 is 3.04 bits per heavy atom. The predicted molar refractivity (Wildman–Crippen MR) is 102 cm³/mol. The Hall–Kier alpha value is -2.81. The molecule has 5 rings (SSSR count). The number of H-pyrrole nitrogens is 1. The number of aromatic nitrogens is 3. The topological polar surface area (TPSA) is 119 Å². The lowest BCUT2D eigenvalue weighted by atomic mass is 9.98. The molecule has 4 atom stereocenters. The zero-order valence-corrected chi connectivity index (χ0v) is 15.6. The van der Waals surface area contributed by atoms with Crippen LogP contribution >= 0.6 is 15.9 Å². The molecule has 3 heterocycles. The monoisotopic (exact) mass is 429 g/mol. The number of imidazole rings is 1. The number of pyridine rings is 1. The van der Waals surface area contributed by atoms with E-state index in [2.05, 4.69) is 48.4 Å². The predicted octanol–water partition coefficient (Wildman–Crippen LogP) is 3.43. The molecule has 0 radical (unpaired) electrons. The minimum atomic E-state index is -0.754. The first-order valence-electron chi connectivity index (χ1n) is 8.58. The smallest absolute Gasteiger partial charge is 0.404 e. The molecule has 3 aromatic heterocycles. The van der Waals surface area contributed by atoms with Gasteiger partial charge in [0.25, 0.3) is 0 Å². The number of anilines is 1. The maximum atomic E-state index is 11.3. The number of aromatic amines is 1. The highest BCUT2D eigenvalue weighted by Gasteiger charge is 2.47. The number of nitrogens with zero attached hydrogens (tertiary/aromatic N) is 2. The van der Waals surface area contributed by atoms with Crippen LogP contribution in [-0.4, -0.2) is 33.2 Å². The summed E-state index contributed by atoms with van der Waals surface area (Å²) in [5, 5.41) is 3.53. The number of carbonyl (C=O) groups excluding carboxylic acids is 1. The number of hydrogen-bond donors (Lipinski definition) is 3. The summed E-state index contributed by atoms with van der Waals surface area (Å²) < 4.78 is 11.3. The zero-order chi connectivity index (χ0) is 18.5. The van der Waals surface area contributed by atoms with Gasteiger partial charge in [0.15, 0.2) is 5.65 Å². The highest BCUT2D eigenvalue weighted by atomic mass is 79.9. The molecule has 1 amide bonds. The van der Waals surface area contributed by atoms with Crippen molar-refractivity contribution in [2.45, 2.75) is 18.6 Å². The number of rotatable bonds is 4. The van der Waals surface area contributed by atoms with Crippen LogP contribution in [0.1, 0.15) is 6.42 Å². The van der Waals surface area contributed by atoms with E-state index in [1.165, 1.54) is 0 Å². The number of furan rings is 1. The first-order chi connectivity index (χ1) is 13.1. The van der Waals surface area contributed by atoms with Gasteiger partial charge in [-0.25, -0.2) is 14.8 Å². The fourth-order valence-corrected chi connectivity index (χ4v) is 4.45. The van der Waals surface area contributed by atoms with Crippen LogP contribution in [0, 0.1) is 11.8 Å². The third-order valence-electron chi connectivity index (χ3n) is 5.22. The molecule has 0 unspecified atom stereocenters. The number of hydrogen-bond acceptors (Lipinski definition) is 6. The number of primary amides is 1. The van der Waals surface area contributed by atoms with Crippen LogP contribution in [0.15, 0.2) is 45.8 Å². The lowest BCUT2D eigenvalue weighted by Gasteiger charge is -2.29. The molecular weight excluding hydrogens is 414 g/mol. The highest BCUT2D eigenvalue weighted by molar-refractivity contribution is 9.10. The molecule has 1 fully saturated rings. The summed E-state index contributed by atoms with van der Waals surface area (Å²) in [6.45, 7) is 0. The molecule has 8 nitrogen and oxygen atoms in total. The molecule has 27 heavy (non-hydrogen) atoms. The van der Waals surface area contributed by atoms with E-state index >= 15 is 0 Å². The highest BCUT2D eigenvalue weighted by Crippen LogP contribution is 2.44. The molecule has 2 aliphatic carbocycles. The largest absolute Gasteiger partial charge is 0.472 e. The number of amides is 1. The summed E-state index contributed by atoms with van der Waals surface area (Å²) in [6.07, 6.45) is 9.07. The normalized spacial score (nSPS) is 26.0. The molecule has 2 bridgehead atoms. The van der Waals surface area contributed by atoms with Crippen molar-refractivity contribution in [1.29, 1.82) is 0 Å². The summed E-state index contributed by atoms with van der Waals surface area (Å²) in [4.78, 5) is 23.6. The maximum Gasteiger partial charge on any atom is 0.404 e. The second-order valence-corrected chi connectivity index (χ2v) is 7.65. The number of halogens is 1. The molecule has 4 N–H and O–H groups in total. The van der Waals surface area contributed by atoms with Crippen LogP contribution in [0.5, 0.6) is 0 Å². The van der Waals surface area contributed by atoms with E-state index in [-0.39, 0.29) is 24.0 Å². The van der Waals surface area contributed by atoms with Crippen LogP contribution in [0.2, 0.25) is 0 Å². The fourth-order valence-electron chi connectivity index (χ4n) is 4.04. The van der Waals surface area contributed by atoms with E-state index < -0.39 is 6.09 Å². The fraction of sp³-hybridized carbons (Fsp3) is 0.278. The Morgan fingerprint density at radius 2 is 2.26 bits per heavy atom. The van der Waals surface area contributed by atoms with Crippen LogP contribution in [0.3, 0.4) is 0 Å². The quantitative estimate of drug-likeness (QED) is 0.546. The van der Waals surface area contributed by atoms with Crippen molar-refractivity contribution in [3.8, 4) is 11.4 Å². The lowest BCUT2D eigenvalue weighted by Crippen LogP contribution is -2.41. The average Bonchev–Trinajstić information content (AvgIpc) is 3.41. The van der Waals surface area contributed by atoms with Crippen molar-refractivity contribution in [2.75, 3.05) is 5.32 Å². The third-order valence-corrected chi connectivity index (χ3v) is 5.82. The Bertz CT molecular complexity index is 1040. The van der Waals surface area contributed by atoms with Crippen molar-refractivity contribution < 1.29 is 13.9 Å². The molecule has 3 aromatic rings. The van der Waals surface area contributed by atoms with Crippen LogP contribution < -0.4 is 11.1 Å². The number of carbonyl (C=O) groups is 1. The van der Waals surface area contributed by atoms with Gasteiger partial charge in [0.2, 0.25) is 0 Å². The van der Waals surface area contributed by atoms with E-state index in [4.69, 9.17) is 14.9 Å². The molecule has 2 aliphatic rings. The first kappa shape index (κ1) is 16.4. The molecular formula is C18H16BrN5O3. The molecule has 0 spiro atoms. The van der Waals surface area contributed by atoms with Crippen molar-refractivity contribution in [3.63, 3.8) is 0 Å². The van der Waals surface area contributed by atoms with Gasteiger partial charge in [0.05, 0.1) is 28.0 Å². The summed E-state index contributed by atoms with van der Waals surface area (Å²) in [5.41, 5.74) is 8.30. The van der Waals surface area contributed by atoms with E-state index in [1.807, 2.05) is 6.07 Å². The average molecular weight is 430 g/mol. The van der Waals surface area contributed by atoms with Gasteiger partial charge in [0.1, 0.15) is 23.7 Å². The number of fused-ring (bicyclic) bond motifs is 3. The summed E-state index contributed by atoms with van der Waals surface area (Å²) in [7, 11) is 0. The summed E-state index contributed by atoms with van der Waals surface area (Å²) in [5.74, 6) is 1.12. The van der Waals surface area contributed by atoms with Gasteiger partial charge in [-0.1, -0.05) is 12.2 Å². The molecule has 9 heteroatoms. The number of nitrogens with two attached hydrogens (primary N) is 1. The van der Waals surface area contributed by atoms with Gasteiger partial charge < -0.3 is 25.2 Å². The molecule has 1 saturated carbocycles. The van der Waals surface area contributed by atoms with Crippen molar-refractivity contribution in [2.24, 2.45) is 17.6 Å². The van der Waals surface area contributed by atoms with E-state index in [0.717, 1.165) is 27.7 Å². The van der Waals surface area contributed by atoms with E-state index in [9.17, 15) is 4.79 Å². The zero-order valence-electron chi connectivity index (χ0n) is 14.1. The SMILES string of the molecule is NC(=O)O[C@@H]1[C@H](Nc2c(Br)cnc3nc(-c4ccoc4)[nH]c23)[C@H]2C=C[C@@H]1C2. The van der Waals surface area contributed by atoms with Gasteiger partial charge in [-0.15, -0.1) is 0 Å². The van der Waals surface area contributed by atoms with Crippen LogP contribution in [0.25, 0.3) is 22.6 Å². The summed E-state index contributed by atoms with van der Waals surface area (Å²) in [6, 6.07) is 1.76. The Morgan fingerprint density at radius 1 is 1.41 bits per heavy atom. The van der Waals surface area contributed by atoms with E-state index in [0.29, 0.717) is 11.5 Å². The molecule has 0 saturated heterocycles. The second-order valence-electron chi connectivity index (χ2n) is 6.80. The van der Waals surface area contributed by atoms with Crippen LogP contribution in [-0.2, 0) is 4.74 Å². The maximum absolute atomic E-state index is 11.3. The molecule has 0 aromatic carbocycles. The van der Waals surface area contributed by atoms with Crippen molar-refractivity contribution >= 4 is 38.9 Å². The lowest BCUT2D eigenvalue weighted by molar-refractivity contribution is 0.0854. The number of ether oxygens (including phenoxy) is 1. The standard InChI is InChI=1S/C18H16BrN5O3/c19-11-6-21-17-14(23-16(24-17)10-3-4-26-7-10)13(11)22-12-8-1-2-9(5-8)15(12)27-18(20)25/h1-4,6-9,12,15H,5H2,(H2,20,25)(H2,21,22,23,24)/t8-,9+,12+,15-/m0/s1. The van der Waals surface area contributed by atoms with Crippen molar-refractivity contribution in [3.05, 3.63) is 41.4 Å². The van der Waals surface area contributed by atoms with Gasteiger partial charge in [-0.3, -0.25) is 0 Å². The third kappa shape index (κ3) is 2.69. The number of nitrogens with one attached hydrogen (secondary N) is 2. The van der Waals surface area contributed by atoms with Crippen molar-refractivity contribution in [1.82, 2.24) is 15.0 Å². The molecule has 0 aliphatic heterocycles. The van der Waals surface area contributed by atoms with Gasteiger partial charge in [-0.05, 0) is 28.4 Å². The van der Waals surface area contributed by atoms with Gasteiger partial charge >= 0.3 is 6.09 Å². The van der Waals surface area contributed by atoms with Crippen LogP contribution in [0.4, 0.5) is 10.5 Å².